The molecular formula is C25H31N4O4S+. The highest BCUT2D eigenvalue weighted by molar-refractivity contribution is 7.71. The van der Waals surface area contributed by atoms with Crippen LogP contribution in [-0.4, -0.2) is 66.8 Å². The maximum absolute atomic E-state index is 13.3. The monoisotopic (exact) mass is 483 g/mol. The summed E-state index contributed by atoms with van der Waals surface area (Å²) in [5, 5.41) is 0.476. The molecule has 0 saturated carbocycles. The van der Waals surface area contributed by atoms with E-state index in [4.69, 9.17) is 21.7 Å². The number of hydrogen-bond acceptors (Lipinski definition) is 5. The van der Waals surface area contributed by atoms with Gasteiger partial charge in [0.2, 0.25) is 0 Å². The van der Waals surface area contributed by atoms with Gasteiger partial charge in [-0.1, -0.05) is 12.1 Å². The third kappa shape index (κ3) is 5.00. The Hall–Kier alpha value is -3.17. The number of quaternary nitrogens is 1. The maximum atomic E-state index is 13.3. The molecule has 4 rings (SSSR count). The van der Waals surface area contributed by atoms with E-state index < -0.39 is 0 Å². The van der Waals surface area contributed by atoms with Crippen LogP contribution in [-0.2, 0) is 6.54 Å². The minimum absolute atomic E-state index is 0.0489. The van der Waals surface area contributed by atoms with E-state index in [0.29, 0.717) is 52.5 Å². The molecule has 0 spiro atoms. The standard InChI is InChI=1S/C25H30N4O4S/c1-4-32-21-14-19-20(15-22(21)33-5-2)26-25(34)29(24(19)31)16-17-6-8-18(9-7-17)23(30)28-12-10-27(3)11-13-28/h6-9,14-15H,4-5,10-13,16H2,1-3H3,(H,26,34)/p+1. The molecule has 0 aliphatic carbocycles. The second-order valence-electron chi connectivity index (χ2n) is 8.48. The van der Waals surface area contributed by atoms with Crippen LogP contribution in [0, 0.1) is 4.77 Å². The number of carbonyl (C=O) groups is 1. The number of ether oxygens (including phenoxy) is 2. The van der Waals surface area contributed by atoms with E-state index in [-0.39, 0.29) is 11.5 Å². The van der Waals surface area contributed by atoms with Gasteiger partial charge in [0.1, 0.15) is 0 Å². The van der Waals surface area contributed by atoms with Crippen LogP contribution in [0.4, 0.5) is 0 Å². The lowest BCUT2D eigenvalue weighted by Gasteiger charge is -2.30. The van der Waals surface area contributed by atoms with Gasteiger partial charge in [-0.15, -0.1) is 0 Å². The van der Waals surface area contributed by atoms with Crippen molar-refractivity contribution in [2.24, 2.45) is 0 Å². The Labute approximate surface area is 203 Å². The first kappa shape index (κ1) is 24.0. The summed E-state index contributed by atoms with van der Waals surface area (Å²) in [6.07, 6.45) is 0. The molecular weight excluding hydrogens is 452 g/mol. The lowest BCUT2D eigenvalue weighted by atomic mass is 10.1. The molecule has 180 valence electrons. The van der Waals surface area contributed by atoms with Crippen LogP contribution in [0.25, 0.3) is 10.9 Å². The minimum atomic E-state index is -0.206. The summed E-state index contributed by atoms with van der Waals surface area (Å²) >= 11 is 5.49. The molecule has 1 saturated heterocycles. The quantitative estimate of drug-likeness (QED) is 0.502. The molecule has 2 N–H and O–H groups in total. The molecule has 34 heavy (non-hydrogen) atoms. The number of likely N-dealkylation sites (N-methyl/N-ethyl adjacent to an activating group) is 1. The highest BCUT2D eigenvalue weighted by Crippen LogP contribution is 2.31. The van der Waals surface area contributed by atoms with E-state index in [1.54, 1.807) is 12.1 Å². The number of nitrogens with zero attached hydrogens (tertiary/aromatic N) is 2. The Morgan fingerprint density at radius 3 is 2.29 bits per heavy atom. The number of hydrogen-bond donors (Lipinski definition) is 2. The average molecular weight is 484 g/mol. The number of fused-ring (bicyclic) bond motifs is 1. The molecule has 1 aliphatic rings. The van der Waals surface area contributed by atoms with Crippen LogP contribution in [0.1, 0.15) is 29.8 Å². The third-order valence-electron chi connectivity index (χ3n) is 6.09. The molecule has 1 aromatic heterocycles. The van der Waals surface area contributed by atoms with Gasteiger partial charge in [-0.25, -0.2) is 0 Å². The normalized spacial score (nSPS) is 14.4. The molecule has 1 fully saturated rings. The van der Waals surface area contributed by atoms with E-state index in [0.717, 1.165) is 31.7 Å². The van der Waals surface area contributed by atoms with Crippen molar-refractivity contribution in [2.75, 3.05) is 46.4 Å². The first-order valence-electron chi connectivity index (χ1n) is 11.7. The van der Waals surface area contributed by atoms with Crippen molar-refractivity contribution in [3.05, 3.63) is 62.6 Å². The van der Waals surface area contributed by atoms with Gasteiger partial charge in [0.25, 0.3) is 11.5 Å². The van der Waals surface area contributed by atoms with Crippen molar-refractivity contribution in [1.82, 2.24) is 14.5 Å². The highest BCUT2D eigenvalue weighted by Gasteiger charge is 2.22. The van der Waals surface area contributed by atoms with Crippen molar-refractivity contribution < 1.29 is 19.2 Å². The first-order chi connectivity index (χ1) is 16.4. The van der Waals surface area contributed by atoms with Crippen LogP contribution in [0.5, 0.6) is 11.5 Å². The Balaban J connectivity index is 1.60. The third-order valence-corrected chi connectivity index (χ3v) is 6.41. The second kappa shape index (κ2) is 10.4. The van der Waals surface area contributed by atoms with Crippen LogP contribution >= 0.6 is 12.2 Å². The van der Waals surface area contributed by atoms with Crippen molar-refractivity contribution in [1.29, 1.82) is 0 Å². The minimum Gasteiger partial charge on any atom is -0.490 e. The predicted octanol–water partition coefficient (Wildman–Crippen LogP) is 1.88. The van der Waals surface area contributed by atoms with Crippen molar-refractivity contribution in [3.8, 4) is 11.5 Å². The molecule has 3 aromatic rings. The van der Waals surface area contributed by atoms with Gasteiger partial charge in [0.15, 0.2) is 16.3 Å². The summed E-state index contributed by atoms with van der Waals surface area (Å²) < 4.78 is 13.2. The number of nitrogens with one attached hydrogen (secondary N) is 2. The van der Waals surface area contributed by atoms with E-state index in [9.17, 15) is 9.59 Å². The van der Waals surface area contributed by atoms with Gasteiger partial charge in [0.05, 0.1) is 63.9 Å². The molecule has 9 heteroatoms. The maximum Gasteiger partial charge on any atom is 0.262 e. The van der Waals surface area contributed by atoms with Crippen molar-refractivity contribution >= 4 is 29.0 Å². The summed E-state index contributed by atoms with van der Waals surface area (Å²) in [7, 11) is 2.14. The molecule has 1 aliphatic heterocycles. The summed E-state index contributed by atoms with van der Waals surface area (Å²) in [5.41, 5.74) is 1.94. The topological polar surface area (TPSA) is 81.0 Å². The number of aromatic nitrogens is 2. The highest BCUT2D eigenvalue weighted by atomic mass is 32.1. The number of rotatable bonds is 7. The summed E-state index contributed by atoms with van der Waals surface area (Å²) in [6, 6.07) is 10.9. The summed E-state index contributed by atoms with van der Waals surface area (Å²) in [6.45, 7) is 8.48. The van der Waals surface area contributed by atoms with Gasteiger partial charge in [-0.05, 0) is 49.8 Å². The van der Waals surface area contributed by atoms with Gasteiger partial charge < -0.3 is 24.3 Å². The van der Waals surface area contributed by atoms with Gasteiger partial charge in [-0.2, -0.15) is 0 Å². The Bertz CT molecular complexity index is 1290. The number of piperazine rings is 1. The van der Waals surface area contributed by atoms with Crippen LogP contribution in [0.3, 0.4) is 0 Å². The zero-order valence-corrected chi connectivity index (χ0v) is 20.7. The van der Waals surface area contributed by atoms with Crippen LogP contribution in [0.2, 0.25) is 0 Å². The van der Waals surface area contributed by atoms with Crippen LogP contribution in [0.15, 0.2) is 41.2 Å². The molecule has 0 atom stereocenters. The number of amides is 1. The molecule has 0 unspecified atom stereocenters. The molecule has 8 nitrogen and oxygen atoms in total. The predicted molar refractivity (Wildman–Crippen MR) is 134 cm³/mol. The summed E-state index contributed by atoms with van der Waals surface area (Å²) in [4.78, 5) is 32.6. The molecule has 2 heterocycles. The smallest absolute Gasteiger partial charge is 0.262 e. The molecule has 0 bridgehead atoms. The number of H-pyrrole nitrogens is 1. The Morgan fingerprint density at radius 2 is 1.68 bits per heavy atom. The number of aromatic amines is 1. The fourth-order valence-electron chi connectivity index (χ4n) is 4.15. The molecule has 1 amide bonds. The van der Waals surface area contributed by atoms with E-state index in [1.165, 1.54) is 9.47 Å². The lowest BCUT2D eigenvalue weighted by Crippen LogP contribution is -3.12. The Kier molecular flexibility index (Phi) is 7.33. The zero-order chi connectivity index (χ0) is 24.2. The molecule has 0 radical (unpaired) electrons. The van der Waals surface area contributed by atoms with Gasteiger partial charge in [-0.3, -0.25) is 14.2 Å². The SMILES string of the molecule is CCOc1cc2[nH]c(=S)n(Cc3ccc(C(=O)N4CC[NH+](C)CC4)cc3)c(=O)c2cc1OCC. The largest absolute Gasteiger partial charge is 0.490 e. The average Bonchev–Trinajstić information content (AvgIpc) is 2.83. The van der Waals surface area contributed by atoms with E-state index in [2.05, 4.69) is 12.0 Å². The fraction of sp³-hybridized carbons (Fsp3) is 0.400. The van der Waals surface area contributed by atoms with Gasteiger partial charge >= 0.3 is 0 Å². The molecule has 2 aromatic carbocycles. The van der Waals surface area contributed by atoms with E-state index >= 15 is 0 Å². The van der Waals surface area contributed by atoms with Gasteiger partial charge in [0, 0.05) is 11.6 Å². The van der Waals surface area contributed by atoms with Crippen molar-refractivity contribution in [3.63, 3.8) is 0 Å². The number of carbonyl (C=O) groups excluding carboxylic acids is 1. The first-order valence-corrected chi connectivity index (χ1v) is 12.1. The Morgan fingerprint density at radius 1 is 1.06 bits per heavy atom. The summed E-state index contributed by atoms with van der Waals surface area (Å²) in [5.74, 6) is 1.15. The zero-order valence-electron chi connectivity index (χ0n) is 19.8. The second-order valence-corrected chi connectivity index (χ2v) is 8.86. The lowest BCUT2D eigenvalue weighted by molar-refractivity contribution is -0.883. The number of benzene rings is 2. The van der Waals surface area contributed by atoms with Crippen molar-refractivity contribution in [2.45, 2.75) is 20.4 Å². The van der Waals surface area contributed by atoms with E-state index in [1.807, 2.05) is 43.0 Å². The fourth-order valence-corrected chi connectivity index (χ4v) is 4.41. The van der Waals surface area contributed by atoms with Crippen LogP contribution < -0.4 is 19.9 Å².